The van der Waals surface area contributed by atoms with E-state index in [9.17, 15) is 28.3 Å². The first kappa shape index (κ1) is 16.1. The molecule has 0 radical (unpaired) electrons. The first-order valence-corrected chi connectivity index (χ1v) is 8.22. The van der Waals surface area contributed by atoms with Gasteiger partial charge in [-0.2, -0.15) is 0 Å². The lowest BCUT2D eigenvalue weighted by atomic mass is 10.2. The van der Waals surface area contributed by atoms with Crippen LogP contribution in [-0.2, 0) is 25.5 Å². The van der Waals surface area contributed by atoms with Crippen LogP contribution in [0.1, 0.15) is 0 Å². The maximum Gasteiger partial charge on any atom is 0.218 e. The Kier molecular flexibility index (Phi) is 5.80. The number of rotatable bonds is 6. The number of aliphatic hydroxyl groups excluding tert-OH is 4. The van der Waals surface area contributed by atoms with Crippen LogP contribution >= 0.6 is 0 Å². The summed E-state index contributed by atoms with van der Waals surface area (Å²) in [5.41, 5.74) is 0. The van der Waals surface area contributed by atoms with Crippen molar-refractivity contribution in [2.24, 2.45) is 0 Å². The fourth-order valence-electron chi connectivity index (χ4n) is 1.63. The minimum Gasteiger partial charge on any atom is -0.726 e. The van der Waals surface area contributed by atoms with Crippen LogP contribution in [0, 0.1) is 0 Å². The number of aliphatic hydroxyl groups is 4. The lowest BCUT2D eigenvalue weighted by molar-refractivity contribution is 0.0107. The summed E-state index contributed by atoms with van der Waals surface area (Å²) in [5.74, 6) is 0.635. The third-order valence-corrected chi connectivity index (χ3v) is 5.44. The highest BCUT2D eigenvalue weighted by Crippen LogP contribution is 2.18. The first-order chi connectivity index (χ1) is 8.23. The normalized spacial score (nSPS) is 32.4. The van der Waals surface area contributed by atoms with Gasteiger partial charge < -0.3 is 25.0 Å². The summed E-state index contributed by atoms with van der Waals surface area (Å²) >= 11 is 0. The van der Waals surface area contributed by atoms with Crippen LogP contribution in [0.2, 0.25) is 0 Å². The zero-order valence-electron chi connectivity index (χ0n) is 9.38. The van der Waals surface area contributed by atoms with E-state index in [4.69, 9.17) is 5.11 Å². The van der Waals surface area contributed by atoms with Crippen molar-refractivity contribution in [3.05, 3.63) is 0 Å². The molecular weight excluding hydrogens is 288 g/mol. The van der Waals surface area contributed by atoms with Gasteiger partial charge >= 0.3 is 0 Å². The predicted molar refractivity (Wildman–Crippen MR) is 61.6 cm³/mol. The van der Waals surface area contributed by atoms with E-state index in [0.717, 1.165) is 0 Å². The molecule has 0 bridgehead atoms. The van der Waals surface area contributed by atoms with E-state index in [1.54, 1.807) is 0 Å². The smallest absolute Gasteiger partial charge is 0.218 e. The van der Waals surface area contributed by atoms with Crippen molar-refractivity contribution in [3.63, 3.8) is 0 Å². The zero-order chi connectivity index (χ0) is 13.9. The summed E-state index contributed by atoms with van der Waals surface area (Å²) in [5, 5.41) is 37.1. The summed E-state index contributed by atoms with van der Waals surface area (Å²) in [6.45, 7) is -0.815. The summed E-state index contributed by atoms with van der Waals surface area (Å²) in [6, 6.07) is 0. The molecule has 108 valence electrons. The Bertz CT molecular complexity index is 348. The van der Waals surface area contributed by atoms with Crippen molar-refractivity contribution in [2.75, 3.05) is 23.9 Å². The lowest BCUT2D eigenvalue weighted by Crippen LogP contribution is -2.39. The van der Waals surface area contributed by atoms with E-state index in [2.05, 4.69) is 4.18 Å². The van der Waals surface area contributed by atoms with Gasteiger partial charge in [0.2, 0.25) is 10.4 Å². The van der Waals surface area contributed by atoms with Gasteiger partial charge in [0.1, 0.15) is 41.7 Å². The fraction of sp³-hybridized carbons (Fsp3) is 1.00. The minimum absolute atomic E-state index is 0.0505. The lowest BCUT2D eigenvalue weighted by Gasteiger charge is -2.21. The Morgan fingerprint density at radius 2 is 1.83 bits per heavy atom. The average Bonchev–Trinajstić information content (AvgIpc) is 2.53. The van der Waals surface area contributed by atoms with Crippen molar-refractivity contribution < 1.29 is 37.6 Å². The van der Waals surface area contributed by atoms with Gasteiger partial charge in [-0.1, -0.05) is 0 Å². The molecule has 0 aliphatic carbocycles. The molecule has 0 saturated carbocycles. The zero-order valence-corrected chi connectivity index (χ0v) is 11.0. The molecule has 8 nitrogen and oxygen atoms in total. The molecule has 0 amide bonds. The van der Waals surface area contributed by atoms with Crippen LogP contribution in [0.3, 0.4) is 0 Å². The van der Waals surface area contributed by atoms with E-state index in [1.165, 1.54) is 0 Å². The molecular formula is C8H16O8S2. The summed E-state index contributed by atoms with van der Waals surface area (Å²) in [4.78, 5) is 0. The second-order valence-corrected chi connectivity index (χ2v) is 7.27. The van der Waals surface area contributed by atoms with Gasteiger partial charge in [0, 0.05) is 0 Å². The molecule has 0 aromatic rings. The van der Waals surface area contributed by atoms with Crippen molar-refractivity contribution >= 4 is 21.3 Å². The number of hydrogen-bond donors (Lipinski definition) is 4. The van der Waals surface area contributed by atoms with Gasteiger partial charge in [-0.05, 0) is 10.9 Å². The van der Waals surface area contributed by atoms with Crippen molar-refractivity contribution in [2.45, 2.75) is 24.4 Å². The molecule has 0 aromatic heterocycles. The Hall–Kier alpha value is 0.0600. The molecule has 1 saturated heterocycles. The molecule has 0 aromatic carbocycles. The highest BCUT2D eigenvalue weighted by molar-refractivity contribution is 7.97. The summed E-state index contributed by atoms with van der Waals surface area (Å²) < 4.78 is 35.1. The van der Waals surface area contributed by atoms with Gasteiger partial charge in [-0.25, -0.2) is 8.42 Å². The van der Waals surface area contributed by atoms with Gasteiger partial charge in [-0.3, -0.25) is 4.18 Å². The first-order valence-electron chi connectivity index (χ1n) is 5.16. The average molecular weight is 304 g/mol. The van der Waals surface area contributed by atoms with E-state index in [-0.39, 0.29) is 5.75 Å². The third kappa shape index (κ3) is 4.97. The Labute approximate surface area is 108 Å². The van der Waals surface area contributed by atoms with E-state index >= 15 is 0 Å². The molecule has 1 fully saturated rings. The van der Waals surface area contributed by atoms with Gasteiger partial charge in [-0.15, -0.1) is 0 Å². The van der Waals surface area contributed by atoms with E-state index in [0.29, 0.717) is 11.5 Å². The predicted octanol–water partition coefficient (Wildman–Crippen LogP) is -3.46. The van der Waals surface area contributed by atoms with Crippen LogP contribution in [0.5, 0.6) is 0 Å². The Balaban J connectivity index is 2.50. The Morgan fingerprint density at radius 1 is 1.33 bits per heavy atom. The van der Waals surface area contributed by atoms with Crippen LogP contribution in [-0.4, -0.2) is 81.7 Å². The molecule has 1 aliphatic rings. The molecule has 1 rings (SSSR count). The van der Waals surface area contributed by atoms with Crippen LogP contribution in [0.25, 0.3) is 0 Å². The molecule has 10 heteroatoms. The second-order valence-electron chi connectivity index (χ2n) is 4.04. The second kappa shape index (κ2) is 6.48. The van der Waals surface area contributed by atoms with Crippen molar-refractivity contribution in [1.82, 2.24) is 0 Å². The van der Waals surface area contributed by atoms with Gasteiger partial charge in [0.15, 0.2) is 0 Å². The van der Waals surface area contributed by atoms with Crippen molar-refractivity contribution in [1.29, 1.82) is 0 Å². The van der Waals surface area contributed by atoms with E-state index in [1.807, 2.05) is 0 Å². The molecule has 1 aliphatic heterocycles. The molecule has 1 unspecified atom stereocenters. The topological polar surface area (TPSA) is 147 Å². The third-order valence-electron chi connectivity index (χ3n) is 2.51. The maximum absolute atomic E-state index is 10.4. The van der Waals surface area contributed by atoms with Gasteiger partial charge in [0.05, 0.1) is 6.61 Å². The molecule has 4 N–H and O–H groups in total. The van der Waals surface area contributed by atoms with Gasteiger partial charge in [0.25, 0.3) is 0 Å². The number of hydrogen-bond acceptors (Lipinski definition) is 8. The summed E-state index contributed by atoms with van der Waals surface area (Å²) in [6.07, 6.45) is -4.59. The summed E-state index contributed by atoms with van der Waals surface area (Å²) in [7, 11) is -5.51. The SMILES string of the molecule is O=S(=O)([O-])O[C@@H](CO)[C@H](O)C[S+]1C[C@@H](O)[C@@H](O)C1. The largest absolute Gasteiger partial charge is 0.726 e. The quantitative estimate of drug-likeness (QED) is 0.225. The van der Waals surface area contributed by atoms with Crippen LogP contribution in [0.15, 0.2) is 0 Å². The minimum atomic E-state index is -5.00. The Morgan fingerprint density at radius 3 is 2.22 bits per heavy atom. The molecule has 0 spiro atoms. The van der Waals surface area contributed by atoms with Crippen LogP contribution in [0.4, 0.5) is 0 Å². The molecule has 5 atom stereocenters. The monoisotopic (exact) mass is 304 g/mol. The maximum atomic E-state index is 10.4. The van der Waals surface area contributed by atoms with Crippen molar-refractivity contribution in [3.8, 4) is 0 Å². The van der Waals surface area contributed by atoms with E-state index < -0.39 is 52.3 Å². The van der Waals surface area contributed by atoms with Crippen LogP contribution < -0.4 is 0 Å². The standard InChI is InChI=1S/C8H16O8S2/c9-1-8(16-18(13,14)15)7(12)4-17-2-5(10)6(11)3-17/h5-12H,1-4H2/t5-,6+,7-,8+,17?/m1/s1. The highest BCUT2D eigenvalue weighted by Gasteiger charge is 2.42. The highest BCUT2D eigenvalue weighted by atomic mass is 32.3. The molecule has 1 heterocycles. The fourth-order valence-corrected chi connectivity index (χ4v) is 4.63. The molecule has 18 heavy (non-hydrogen) atoms.